The van der Waals surface area contributed by atoms with E-state index in [0.29, 0.717) is 22.8 Å². The smallest absolute Gasteiger partial charge is 0.0620 e. The Morgan fingerprint density at radius 3 is 2.86 bits per heavy atom. The minimum absolute atomic E-state index is 0.0669. The summed E-state index contributed by atoms with van der Waals surface area (Å²) < 4.78 is 11.7. The molecule has 1 unspecified atom stereocenters. The third-order valence-electron chi connectivity index (χ3n) is 1.90. The van der Waals surface area contributed by atoms with Gasteiger partial charge in [-0.3, -0.25) is 4.21 Å². The van der Waals surface area contributed by atoms with Crippen LogP contribution in [0, 0.1) is 6.92 Å². The molecule has 1 aromatic rings. The molecule has 1 aromatic carbocycles. The fraction of sp³-hybridized carbons (Fsp3) is 0.400. The van der Waals surface area contributed by atoms with Crippen molar-refractivity contribution in [2.45, 2.75) is 18.2 Å². The van der Waals surface area contributed by atoms with Crippen LogP contribution in [0.25, 0.3) is 0 Å². The van der Waals surface area contributed by atoms with Gasteiger partial charge in [0, 0.05) is 18.0 Å². The minimum atomic E-state index is -1.09. The van der Waals surface area contributed by atoms with E-state index in [4.69, 9.17) is 10.8 Å². The lowest BCUT2D eigenvalue weighted by Crippen LogP contribution is -2.03. The van der Waals surface area contributed by atoms with Crippen molar-refractivity contribution in [2.75, 3.05) is 18.1 Å². The van der Waals surface area contributed by atoms with Crippen LogP contribution < -0.4 is 5.73 Å². The number of nitrogen functional groups attached to an aromatic ring is 1. The highest BCUT2D eigenvalue weighted by molar-refractivity contribution is 7.85. The van der Waals surface area contributed by atoms with Gasteiger partial charge in [0.25, 0.3) is 0 Å². The van der Waals surface area contributed by atoms with E-state index in [-0.39, 0.29) is 6.61 Å². The monoisotopic (exact) mass is 213 g/mol. The Balaban J connectivity index is 2.83. The van der Waals surface area contributed by atoms with Gasteiger partial charge in [0.2, 0.25) is 0 Å². The SMILES string of the molecule is Cc1ccc(N)c(S(=O)CCCO)c1. The van der Waals surface area contributed by atoms with E-state index in [9.17, 15) is 4.21 Å². The van der Waals surface area contributed by atoms with Gasteiger partial charge in [0.15, 0.2) is 0 Å². The average molecular weight is 213 g/mol. The molecule has 3 nitrogen and oxygen atoms in total. The summed E-state index contributed by atoms with van der Waals surface area (Å²) in [7, 11) is -1.09. The van der Waals surface area contributed by atoms with Gasteiger partial charge in [-0.2, -0.15) is 0 Å². The first kappa shape index (κ1) is 11.2. The molecule has 0 bridgehead atoms. The maximum atomic E-state index is 11.7. The number of anilines is 1. The number of aliphatic hydroxyl groups excluding tert-OH is 1. The first-order chi connectivity index (χ1) is 6.65. The predicted molar refractivity (Wildman–Crippen MR) is 58.6 cm³/mol. The summed E-state index contributed by atoms with van der Waals surface area (Å²) in [4.78, 5) is 0.679. The Bertz CT molecular complexity index is 339. The molecule has 78 valence electrons. The third kappa shape index (κ3) is 2.82. The maximum Gasteiger partial charge on any atom is 0.0620 e. The number of nitrogens with two attached hydrogens (primary N) is 1. The van der Waals surface area contributed by atoms with Gasteiger partial charge in [0.1, 0.15) is 0 Å². The maximum absolute atomic E-state index is 11.7. The molecule has 0 aliphatic heterocycles. The van der Waals surface area contributed by atoms with E-state index in [0.717, 1.165) is 5.56 Å². The zero-order valence-electron chi connectivity index (χ0n) is 8.19. The van der Waals surface area contributed by atoms with Crippen molar-refractivity contribution in [3.63, 3.8) is 0 Å². The molecule has 0 heterocycles. The van der Waals surface area contributed by atoms with Crippen molar-refractivity contribution in [3.05, 3.63) is 23.8 Å². The molecule has 0 aliphatic rings. The fourth-order valence-corrected chi connectivity index (χ4v) is 2.40. The first-order valence-corrected chi connectivity index (χ1v) is 5.82. The van der Waals surface area contributed by atoms with Gasteiger partial charge in [-0.25, -0.2) is 0 Å². The number of benzene rings is 1. The molecule has 1 atom stereocenters. The highest BCUT2D eigenvalue weighted by Gasteiger charge is 2.07. The Morgan fingerprint density at radius 2 is 2.21 bits per heavy atom. The van der Waals surface area contributed by atoms with Gasteiger partial charge >= 0.3 is 0 Å². The summed E-state index contributed by atoms with van der Waals surface area (Å²) in [5.74, 6) is 0.462. The van der Waals surface area contributed by atoms with E-state index >= 15 is 0 Å². The fourth-order valence-electron chi connectivity index (χ4n) is 1.14. The summed E-state index contributed by atoms with van der Waals surface area (Å²) in [6.45, 7) is 2.00. The molecule has 1 rings (SSSR count). The number of rotatable bonds is 4. The molecule has 0 amide bonds. The molecule has 0 saturated heterocycles. The second-order valence-electron chi connectivity index (χ2n) is 3.17. The second kappa shape index (κ2) is 5.12. The number of aliphatic hydroxyl groups is 1. The Kier molecular flexibility index (Phi) is 4.10. The number of hydrogen-bond donors (Lipinski definition) is 2. The van der Waals surface area contributed by atoms with Crippen LogP contribution in [-0.2, 0) is 10.8 Å². The number of aryl methyl sites for hydroxylation is 1. The Morgan fingerprint density at radius 1 is 1.50 bits per heavy atom. The molecular weight excluding hydrogens is 198 g/mol. The van der Waals surface area contributed by atoms with Crippen molar-refractivity contribution in [1.82, 2.24) is 0 Å². The van der Waals surface area contributed by atoms with Crippen LogP contribution in [0.2, 0.25) is 0 Å². The van der Waals surface area contributed by atoms with E-state index in [1.54, 1.807) is 6.07 Å². The molecule has 14 heavy (non-hydrogen) atoms. The number of hydrogen-bond acceptors (Lipinski definition) is 3. The topological polar surface area (TPSA) is 63.3 Å². The van der Waals surface area contributed by atoms with E-state index in [2.05, 4.69) is 0 Å². The zero-order chi connectivity index (χ0) is 10.6. The predicted octanol–water partition coefficient (Wildman–Crippen LogP) is 1.07. The lowest BCUT2D eigenvalue weighted by atomic mass is 10.2. The minimum Gasteiger partial charge on any atom is -0.398 e. The standard InChI is InChI=1S/C10H15NO2S/c1-8-3-4-9(11)10(7-8)14(13)6-2-5-12/h3-4,7,12H,2,5-6,11H2,1H3. The van der Waals surface area contributed by atoms with Gasteiger partial charge < -0.3 is 10.8 Å². The van der Waals surface area contributed by atoms with Crippen LogP contribution in [0.4, 0.5) is 5.69 Å². The first-order valence-electron chi connectivity index (χ1n) is 4.50. The molecular formula is C10H15NO2S. The van der Waals surface area contributed by atoms with Crippen LogP contribution in [0.3, 0.4) is 0 Å². The Labute approximate surface area is 86.4 Å². The molecule has 0 fully saturated rings. The summed E-state index contributed by atoms with van der Waals surface area (Å²) in [6, 6.07) is 5.49. The van der Waals surface area contributed by atoms with Crippen LogP contribution in [0.15, 0.2) is 23.1 Å². The van der Waals surface area contributed by atoms with Crippen molar-refractivity contribution in [3.8, 4) is 0 Å². The third-order valence-corrected chi connectivity index (χ3v) is 3.41. The normalized spacial score (nSPS) is 12.7. The average Bonchev–Trinajstić information content (AvgIpc) is 2.18. The van der Waals surface area contributed by atoms with Crippen molar-refractivity contribution < 1.29 is 9.32 Å². The van der Waals surface area contributed by atoms with E-state index in [1.165, 1.54) is 0 Å². The molecule has 0 aromatic heterocycles. The van der Waals surface area contributed by atoms with Crippen LogP contribution in [-0.4, -0.2) is 21.7 Å². The van der Waals surface area contributed by atoms with Crippen molar-refractivity contribution in [2.24, 2.45) is 0 Å². The summed E-state index contributed by atoms with van der Waals surface area (Å²) in [6.07, 6.45) is 0.542. The van der Waals surface area contributed by atoms with Gasteiger partial charge in [-0.15, -0.1) is 0 Å². The van der Waals surface area contributed by atoms with Crippen LogP contribution >= 0.6 is 0 Å². The summed E-state index contributed by atoms with van der Waals surface area (Å²) in [5.41, 5.74) is 7.32. The molecule has 4 heteroatoms. The molecule has 0 radical (unpaired) electrons. The van der Waals surface area contributed by atoms with E-state index in [1.807, 2.05) is 19.1 Å². The molecule has 3 N–H and O–H groups in total. The molecule has 0 aliphatic carbocycles. The van der Waals surface area contributed by atoms with Crippen molar-refractivity contribution in [1.29, 1.82) is 0 Å². The zero-order valence-corrected chi connectivity index (χ0v) is 9.01. The van der Waals surface area contributed by atoms with Gasteiger partial charge in [-0.1, -0.05) is 6.07 Å². The van der Waals surface area contributed by atoms with Crippen LogP contribution in [0.1, 0.15) is 12.0 Å². The van der Waals surface area contributed by atoms with Crippen LogP contribution in [0.5, 0.6) is 0 Å². The largest absolute Gasteiger partial charge is 0.398 e. The van der Waals surface area contributed by atoms with Gasteiger partial charge in [0.05, 0.1) is 15.7 Å². The molecule has 0 spiro atoms. The second-order valence-corrected chi connectivity index (χ2v) is 4.71. The van der Waals surface area contributed by atoms with E-state index < -0.39 is 10.8 Å². The van der Waals surface area contributed by atoms with Gasteiger partial charge in [-0.05, 0) is 31.0 Å². The quantitative estimate of drug-likeness (QED) is 0.735. The highest BCUT2D eigenvalue weighted by Crippen LogP contribution is 2.18. The summed E-state index contributed by atoms with van der Waals surface area (Å²) in [5, 5.41) is 8.62. The molecule has 0 saturated carbocycles. The lowest BCUT2D eigenvalue weighted by Gasteiger charge is -2.05. The van der Waals surface area contributed by atoms with Crippen molar-refractivity contribution >= 4 is 16.5 Å². The lowest BCUT2D eigenvalue weighted by molar-refractivity contribution is 0.296. The highest BCUT2D eigenvalue weighted by atomic mass is 32.2. The summed E-state index contributed by atoms with van der Waals surface area (Å²) >= 11 is 0. The Hall–Kier alpha value is -0.870.